The number of aryl methyl sites for hydroxylation is 1. The number of anilines is 1. The molecule has 144 valence electrons. The fourth-order valence-corrected chi connectivity index (χ4v) is 5.94. The lowest BCUT2D eigenvalue weighted by atomic mass is 10.2. The number of sulfone groups is 1. The highest BCUT2D eigenvalue weighted by atomic mass is 32.2. The van der Waals surface area contributed by atoms with E-state index in [9.17, 15) is 18.0 Å². The molecule has 9 heteroatoms. The van der Waals surface area contributed by atoms with E-state index in [1.54, 1.807) is 12.1 Å². The second kappa shape index (κ2) is 8.77. The maximum atomic E-state index is 12.2. The Hall–Kier alpha value is -1.74. The first-order chi connectivity index (χ1) is 12.2. The van der Waals surface area contributed by atoms with Gasteiger partial charge in [0.1, 0.15) is 5.75 Å². The fourth-order valence-electron chi connectivity index (χ4n) is 2.52. The molecule has 2 atom stereocenters. The molecule has 1 saturated heterocycles. The molecule has 1 amide bonds. The van der Waals surface area contributed by atoms with E-state index in [4.69, 9.17) is 9.47 Å². The Bertz CT molecular complexity index is 777. The predicted molar refractivity (Wildman–Crippen MR) is 101 cm³/mol. The minimum Gasteiger partial charge on any atom is -0.495 e. The summed E-state index contributed by atoms with van der Waals surface area (Å²) in [6, 6.07) is 5.37. The van der Waals surface area contributed by atoms with Crippen LogP contribution in [0.15, 0.2) is 18.2 Å². The summed E-state index contributed by atoms with van der Waals surface area (Å²) in [4.78, 5) is 24.2. The van der Waals surface area contributed by atoms with Gasteiger partial charge in [-0.25, -0.2) is 8.42 Å². The highest BCUT2D eigenvalue weighted by molar-refractivity contribution is 8.02. The summed E-state index contributed by atoms with van der Waals surface area (Å²) in [7, 11) is -1.47. The first-order valence-corrected chi connectivity index (χ1v) is 11.0. The summed E-state index contributed by atoms with van der Waals surface area (Å²) in [6.45, 7) is 3.37. The van der Waals surface area contributed by atoms with Crippen molar-refractivity contribution in [3.8, 4) is 5.75 Å². The molecule has 1 aliphatic heterocycles. The number of carbonyl (C=O) groups is 2. The minimum atomic E-state index is -2.97. The average molecular weight is 402 g/mol. The van der Waals surface area contributed by atoms with Crippen LogP contribution < -0.4 is 10.1 Å². The predicted octanol–water partition coefficient (Wildman–Crippen LogP) is 1.79. The van der Waals surface area contributed by atoms with E-state index in [2.05, 4.69) is 5.32 Å². The van der Waals surface area contributed by atoms with Gasteiger partial charge in [-0.05, 0) is 38.0 Å². The van der Waals surface area contributed by atoms with Gasteiger partial charge in [0.15, 0.2) is 15.9 Å². The van der Waals surface area contributed by atoms with Crippen molar-refractivity contribution in [1.29, 1.82) is 0 Å². The monoisotopic (exact) mass is 401 g/mol. The van der Waals surface area contributed by atoms with Crippen molar-refractivity contribution in [3.05, 3.63) is 23.8 Å². The van der Waals surface area contributed by atoms with Crippen molar-refractivity contribution in [1.82, 2.24) is 0 Å². The summed E-state index contributed by atoms with van der Waals surface area (Å²) < 4.78 is 33.2. The van der Waals surface area contributed by atoms with Crippen molar-refractivity contribution in [2.75, 3.05) is 29.7 Å². The normalized spacial score (nSPS) is 19.6. The van der Waals surface area contributed by atoms with E-state index in [0.717, 1.165) is 5.56 Å². The van der Waals surface area contributed by atoms with Gasteiger partial charge in [-0.1, -0.05) is 6.07 Å². The smallest absolute Gasteiger partial charge is 0.316 e. The van der Waals surface area contributed by atoms with Crippen molar-refractivity contribution in [3.63, 3.8) is 0 Å². The molecule has 0 aromatic heterocycles. The Kier molecular flexibility index (Phi) is 6.94. The van der Waals surface area contributed by atoms with Crippen LogP contribution >= 0.6 is 11.8 Å². The SMILES string of the molecule is COc1ccc(C)cc1NC(=O)[C@H](C)OC(=O)CS[C@H]1CCS(=O)(=O)C1. The molecule has 1 aromatic carbocycles. The largest absolute Gasteiger partial charge is 0.495 e. The first-order valence-electron chi connectivity index (χ1n) is 8.17. The molecule has 0 bridgehead atoms. The van der Waals surface area contributed by atoms with Gasteiger partial charge < -0.3 is 14.8 Å². The van der Waals surface area contributed by atoms with Crippen LogP contribution in [0.25, 0.3) is 0 Å². The number of benzene rings is 1. The molecule has 26 heavy (non-hydrogen) atoms. The number of thioether (sulfide) groups is 1. The molecule has 7 nitrogen and oxygen atoms in total. The highest BCUT2D eigenvalue weighted by Gasteiger charge is 2.29. The van der Waals surface area contributed by atoms with E-state index in [0.29, 0.717) is 17.9 Å². The molecule has 1 heterocycles. The molecule has 0 spiro atoms. The Morgan fingerprint density at radius 1 is 1.38 bits per heavy atom. The van der Waals surface area contributed by atoms with Gasteiger partial charge in [-0.15, -0.1) is 11.8 Å². The lowest BCUT2D eigenvalue weighted by Gasteiger charge is -2.16. The van der Waals surface area contributed by atoms with Crippen LogP contribution in [0, 0.1) is 6.92 Å². The molecule has 0 saturated carbocycles. The van der Waals surface area contributed by atoms with Gasteiger partial charge in [-0.2, -0.15) is 0 Å². The maximum Gasteiger partial charge on any atom is 0.316 e. The van der Waals surface area contributed by atoms with Crippen molar-refractivity contribution in [2.24, 2.45) is 0 Å². The molecule has 1 fully saturated rings. The minimum absolute atomic E-state index is 0.0194. The van der Waals surface area contributed by atoms with Crippen molar-refractivity contribution in [2.45, 2.75) is 31.6 Å². The lowest BCUT2D eigenvalue weighted by Crippen LogP contribution is -2.31. The zero-order valence-corrected chi connectivity index (χ0v) is 16.6. The van der Waals surface area contributed by atoms with Gasteiger partial charge in [0, 0.05) is 5.25 Å². The molecule has 0 unspecified atom stereocenters. The van der Waals surface area contributed by atoms with E-state index in [1.165, 1.54) is 25.8 Å². The van der Waals surface area contributed by atoms with E-state index < -0.39 is 27.8 Å². The molecule has 1 aliphatic rings. The molecular formula is C17H23NO6S2. The quantitative estimate of drug-likeness (QED) is 0.696. The lowest BCUT2D eigenvalue weighted by molar-refractivity contribution is -0.150. The summed E-state index contributed by atoms with van der Waals surface area (Å²) >= 11 is 1.25. The van der Waals surface area contributed by atoms with Gasteiger partial charge in [-0.3, -0.25) is 9.59 Å². The molecular weight excluding hydrogens is 378 g/mol. The Morgan fingerprint density at radius 2 is 2.12 bits per heavy atom. The maximum absolute atomic E-state index is 12.2. The molecule has 0 radical (unpaired) electrons. The van der Waals surface area contributed by atoms with Crippen LogP contribution in [0.1, 0.15) is 18.9 Å². The third-order valence-electron chi connectivity index (χ3n) is 3.92. The number of hydrogen-bond acceptors (Lipinski definition) is 7. The Labute approximate surface area is 157 Å². The molecule has 1 N–H and O–H groups in total. The second-order valence-corrected chi connectivity index (χ2v) is 9.68. The van der Waals surface area contributed by atoms with Gasteiger partial charge in [0.2, 0.25) is 0 Å². The number of amides is 1. The Morgan fingerprint density at radius 3 is 2.73 bits per heavy atom. The van der Waals surface area contributed by atoms with Crippen molar-refractivity contribution >= 4 is 39.2 Å². The second-order valence-electron chi connectivity index (χ2n) is 6.16. The molecule has 1 aromatic rings. The summed E-state index contributed by atoms with van der Waals surface area (Å²) in [6.07, 6.45) is -0.427. The molecule has 0 aliphatic carbocycles. The standard InChI is InChI=1S/C17H23NO6S2/c1-11-4-5-15(23-3)14(8-11)18-17(20)12(2)24-16(19)9-25-13-6-7-26(21,22)10-13/h4-5,8,12-13H,6-7,9-10H2,1-3H3,(H,18,20)/t12-,13-/m0/s1. The number of hydrogen-bond donors (Lipinski definition) is 1. The molecule has 2 rings (SSSR count). The van der Waals surface area contributed by atoms with Gasteiger partial charge in [0.05, 0.1) is 30.1 Å². The summed E-state index contributed by atoms with van der Waals surface area (Å²) in [5, 5.41) is 2.60. The van der Waals surface area contributed by atoms with E-state index >= 15 is 0 Å². The zero-order valence-electron chi connectivity index (χ0n) is 15.0. The van der Waals surface area contributed by atoms with Crippen molar-refractivity contribution < 1.29 is 27.5 Å². The average Bonchev–Trinajstić information content (AvgIpc) is 2.92. The number of nitrogens with one attached hydrogen (secondary N) is 1. The fraction of sp³-hybridized carbons (Fsp3) is 0.529. The summed E-state index contributed by atoms with van der Waals surface area (Å²) in [5.41, 5.74) is 1.46. The third kappa shape index (κ3) is 5.91. The van der Waals surface area contributed by atoms with Crippen LogP contribution in [-0.2, 0) is 24.2 Å². The van der Waals surface area contributed by atoms with Crippen LogP contribution in [-0.4, -0.2) is 56.0 Å². The van der Waals surface area contributed by atoms with Gasteiger partial charge in [0.25, 0.3) is 5.91 Å². The number of ether oxygens (including phenoxy) is 2. The Balaban J connectivity index is 1.83. The number of methoxy groups -OCH3 is 1. The topological polar surface area (TPSA) is 98.8 Å². The zero-order chi connectivity index (χ0) is 19.3. The van der Waals surface area contributed by atoms with Crippen LogP contribution in [0.3, 0.4) is 0 Å². The number of carbonyl (C=O) groups excluding carboxylic acids is 2. The van der Waals surface area contributed by atoms with E-state index in [-0.39, 0.29) is 22.5 Å². The van der Waals surface area contributed by atoms with Gasteiger partial charge >= 0.3 is 5.97 Å². The van der Waals surface area contributed by atoms with Crippen LogP contribution in [0.4, 0.5) is 5.69 Å². The number of rotatable bonds is 7. The number of esters is 1. The first kappa shape index (κ1) is 20.6. The summed E-state index contributed by atoms with van der Waals surface area (Å²) in [5.74, 6) is -0.217. The van der Waals surface area contributed by atoms with Crippen LogP contribution in [0.2, 0.25) is 0 Å². The third-order valence-corrected chi connectivity index (χ3v) is 7.17. The van der Waals surface area contributed by atoms with Crippen LogP contribution in [0.5, 0.6) is 5.75 Å². The van der Waals surface area contributed by atoms with E-state index in [1.807, 2.05) is 13.0 Å². The highest BCUT2D eigenvalue weighted by Crippen LogP contribution is 2.26.